The first-order valence-corrected chi connectivity index (χ1v) is 7.96. The molecule has 2 N–H and O–H groups in total. The summed E-state index contributed by atoms with van der Waals surface area (Å²) in [5.41, 5.74) is 0.785. The maximum Gasteiger partial charge on any atom is 0.244 e. The van der Waals surface area contributed by atoms with Crippen molar-refractivity contribution in [3.63, 3.8) is 0 Å². The minimum Gasteiger partial charge on any atom is -0.387 e. The van der Waals surface area contributed by atoms with Crippen LogP contribution in [-0.4, -0.2) is 26.5 Å². The summed E-state index contributed by atoms with van der Waals surface area (Å²) < 4.78 is 27.6. The van der Waals surface area contributed by atoms with Crippen molar-refractivity contribution < 1.29 is 8.42 Å². The van der Waals surface area contributed by atoms with Crippen molar-refractivity contribution in [3.8, 4) is 0 Å². The smallest absolute Gasteiger partial charge is 0.244 e. The van der Waals surface area contributed by atoms with Crippen LogP contribution in [0.1, 0.15) is 33.1 Å². The normalized spacial score (nSPS) is 22.4. The summed E-state index contributed by atoms with van der Waals surface area (Å²) in [5.74, 6) is 0. The highest BCUT2D eigenvalue weighted by atomic mass is 32.2. The summed E-state index contributed by atoms with van der Waals surface area (Å²) in [6.45, 7) is 4.34. The fraction of sp³-hybridized carbons (Fsp3) is 0.615. The van der Waals surface area contributed by atoms with Crippen molar-refractivity contribution >= 4 is 15.7 Å². The number of anilines is 1. The number of rotatable bonds is 4. The molecule has 1 saturated carbocycles. The van der Waals surface area contributed by atoms with E-state index in [1.165, 1.54) is 6.20 Å². The van der Waals surface area contributed by atoms with Gasteiger partial charge in [-0.1, -0.05) is 13.8 Å². The van der Waals surface area contributed by atoms with Gasteiger partial charge in [-0.05, 0) is 30.7 Å². The summed E-state index contributed by atoms with van der Waals surface area (Å²) in [6, 6.07) is 1.68. The van der Waals surface area contributed by atoms with E-state index in [4.69, 9.17) is 0 Å². The Morgan fingerprint density at radius 3 is 2.74 bits per heavy atom. The molecule has 1 atom stereocenters. The highest BCUT2D eigenvalue weighted by molar-refractivity contribution is 7.89. The summed E-state index contributed by atoms with van der Waals surface area (Å²) in [6.07, 6.45) is 5.77. The van der Waals surface area contributed by atoms with Crippen LogP contribution in [0.2, 0.25) is 0 Å². The number of nitrogens with zero attached hydrogens (tertiary/aromatic N) is 1. The van der Waals surface area contributed by atoms with Crippen LogP contribution in [0.4, 0.5) is 5.69 Å². The van der Waals surface area contributed by atoms with Gasteiger partial charge in [0.05, 0.1) is 5.69 Å². The molecule has 6 heteroatoms. The SMILES string of the molecule is CNc1ccncc1S(=O)(=O)NC1CCC(C)(C)C1. The van der Waals surface area contributed by atoms with Gasteiger partial charge in [-0.2, -0.15) is 0 Å². The first kappa shape index (κ1) is 14.3. The second-order valence-corrected chi connectivity index (χ2v) is 7.53. The Bertz CT molecular complexity index is 555. The van der Waals surface area contributed by atoms with Crippen molar-refractivity contribution in [1.29, 1.82) is 0 Å². The van der Waals surface area contributed by atoms with Gasteiger partial charge in [-0.3, -0.25) is 4.98 Å². The lowest BCUT2D eigenvalue weighted by Crippen LogP contribution is -2.34. The third-order valence-corrected chi connectivity index (χ3v) is 5.18. The van der Waals surface area contributed by atoms with E-state index in [-0.39, 0.29) is 16.4 Å². The molecule has 0 spiro atoms. The molecule has 0 radical (unpaired) electrons. The van der Waals surface area contributed by atoms with E-state index < -0.39 is 10.0 Å². The van der Waals surface area contributed by atoms with Crippen LogP contribution in [0.5, 0.6) is 0 Å². The van der Waals surface area contributed by atoms with Crippen LogP contribution >= 0.6 is 0 Å². The van der Waals surface area contributed by atoms with Gasteiger partial charge in [0.2, 0.25) is 10.0 Å². The fourth-order valence-corrected chi connectivity index (χ4v) is 4.05. The molecule has 1 aromatic heterocycles. The Kier molecular flexibility index (Phi) is 3.82. The molecule has 1 unspecified atom stereocenters. The average Bonchev–Trinajstić information content (AvgIpc) is 2.67. The molecule has 1 heterocycles. The molecule has 19 heavy (non-hydrogen) atoms. The number of hydrogen-bond donors (Lipinski definition) is 2. The van der Waals surface area contributed by atoms with Gasteiger partial charge < -0.3 is 5.32 Å². The molecular weight excluding hydrogens is 262 g/mol. The third kappa shape index (κ3) is 3.25. The molecule has 0 saturated heterocycles. The molecular formula is C13H21N3O2S. The van der Waals surface area contributed by atoms with Crippen molar-refractivity contribution in [2.45, 2.75) is 44.0 Å². The van der Waals surface area contributed by atoms with Gasteiger partial charge in [0.25, 0.3) is 0 Å². The first-order valence-electron chi connectivity index (χ1n) is 6.48. The second-order valence-electron chi connectivity index (χ2n) is 5.85. The van der Waals surface area contributed by atoms with Crippen molar-refractivity contribution in [2.75, 3.05) is 12.4 Å². The Balaban J connectivity index is 2.19. The number of nitrogens with one attached hydrogen (secondary N) is 2. The van der Waals surface area contributed by atoms with Crippen LogP contribution < -0.4 is 10.0 Å². The number of aromatic nitrogens is 1. The predicted octanol–water partition coefficient (Wildman–Crippen LogP) is 1.98. The monoisotopic (exact) mass is 283 g/mol. The summed E-state index contributed by atoms with van der Waals surface area (Å²) >= 11 is 0. The Morgan fingerprint density at radius 1 is 1.42 bits per heavy atom. The first-order chi connectivity index (χ1) is 8.84. The van der Waals surface area contributed by atoms with Gasteiger partial charge in [0.1, 0.15) is 4.90 Å². The van der Waals surface area contributed by atoms with Crippen LogP contribution in [0, 0.1) is 5.41 Å². The van der Waals surface area contributed by atoms with Crippen molar-refractivity contribution in [1.82, 2.24) is 9.71 Å². The van der Waals surface area contributed by atoms with Crippen LogP contribution in [0.25, 0.3) is 0 Å². The highest BCUT2D eigenvalue weighted by Crippen LogP contribution is 2.37. The molecule has 1 aliphatic rings. The molecule has 106 valence electrons. The van der Waals surface area contributed by atoms with Gasteiger partial charge >= 0.3 is 0 Å². The molecule has 5 nitrogen and oxygen atoms in total. The van der Waals surface area contributed by atoms with Gasteiger partial charge in [0, 0.05) is 25.5 Å². The molecule has 0 aromatic carbocycles. The van der Waals surface area contributed by atoms with E-state index in [0.717, 1.165) is 19.3 Å². The summed E-state index contributed by atoms with van der Waals surface area (Å²) in [5, 5.41) is 2.88. The van der Waals surface area contributed by atoms with Gasteiger partial charge in [-0.25, -0.2) is 13.1 Å². The largest absolute Gasteiger partial charge is 0.387 e. The number of hydrogen-bond acceptors (Lipinski definition) is 4. The Labute approximate surface area is 114 Å². The Morgan fingerprint density at radius 2 is 2.16 bits per heavy atom. The number of pyridine rings is 1. The lowest BCUT2D eigenvalue weighted by Gasteiger charge is -2.18. The van der Waals surface area contributed by atoms with E-state index in [0.29, 0.717) is 5.69 Å². The maximum absolute atomic E-state index is 12.4. The van der Waals surface area contributed by atoms with E-state index >= 15 is 0 Å². The van der Waals surface area contributed by atoms with E-state index in [1.54, 1.807) is 19.3 Å². The standard InChI is InChI=1S/C13H21N3O2S/c1-13(2)6-4-10(8-13)16-19(17,18)12-9-15-7-5-11(12)14-3/h5,7,9-10,16H,4,6,8H2,1-3H3,(H,14,15). The van der Waals surface area contributed by atoms with Crippen LogP contribution in [-0.2, 0) is 10.0 Å². The highest BCUT2D eigenvalue weighted by Gasteiger charge is 2.34. The molecule has 0 amide bonds. The Hall–Kier alpha value is -1.14. The van der Waals surface area contributed by atoms with Crippen molar-refractivity contribution in [2.24, 2.45) is 5.41 Å². The molecule has 1 aliphatic carbocycles. The van der Waals surface area contributed by atoms with E-state index in [1.807, 2.05) is 0 Å². The van der Waals surface area contributed by atoms with Crippen LogP contribution in [0.3, 0.4) is 0 Å². The molecule has 1 fully saturated rings. The lowest BCUT2D eigenvalue weighted by atomic mass is 9.92. The average molecular weight is 283 g/mol. The zero-order valence-electron chi connectivity index (χ0n) is 11.6. The molecule has 0 bridgehead atoms. The van der Waals surface area contributed by atoms with Crippen LogP contribution in [0.15, 0.2) is 23.4 Å². The molecule has 0 aliphatic heterocycles. The zero-order chi connectivity index (χ0) is 14.1. The van der Waals surface area contributed by atoms with Crippen molar-refractivity contribution in [3.05, 3.63) is 18.5 Å². The summed E-state index contributed by atoms with van der Waals surface area (Å²) in [7, 11) is -1.81. The van der Waals surface area contributed by atoms with Gasteiger partial charge in [-0.15, -0.1) is 0 Å². The fourth-order valence-electron chi connectivity index (χ4n) is 2.62. The minimum atomic E-state index is -3.51. The topological polar surface area (TPSA) is 71.1 Å². The van der Waals surface area contributed by atoms with E-state index in [2.05, 4.69) is 28.9 Å². The van der Waals surface area contributed by atoms with E-state index in [9.17, 15) is 8.42 Å². The lowest BCUT2D eigenvalue weighted by molar-refractivity contribution is 0.372. The molecule has 1 aromatic rings. The second kappa shape index (κ2) is 5.09. The summed E-state index contributed by atoms with van der Waals surface area (Å²) in [4.78, 5) is 4.11. The maximum atomic E-state index is 12.4. The number of sulfonamides is 1. The third-order valence-electron chi connectivity index (χ3n) is 3.63. The minimum absolute atomic E-state index is 0.0184. The van der Waals surface area contributed by atoms with Gasteiger partial charge in [0.15, 0.2) is 0 Å². The zero-order valence-corrected chi connectivity index (χ0v) is 12.4. The molecule has 2 rings (SSSR count). The quantitative estimate of drug-likeness (QED) is 0.886. The predicted molar refractivity (Wildman–Crippen MR) is 75.5 cm³/mol.